The van der Waals surface area contributed by atoms with Crippen molar-refractivity contribution in [1.82, 2.24) is 10.2 Å². The zero-order valence-corrected chi connectivity index (χ0v) is 14.9. The molecule has 5 heteroatoms. The third kappa shape index (κ3) is 12.2. The lowest BCUT2D eigenvalue weighted by Crippen LogP contribution is -2.31. The van der Waals surface area contributed by atoms with E-state index < -0.39 is 0 Å². The van der Waals surface area contributed by atoms with Gasteiger partial charge in [0.2, 0.25) is 11.8 Å². The Hall–Kier alpha value is -1.23. The van der Waals surface area contributed by atoms with Crippen LogP contribution in [-0.2, 0) is 14.4 Å². The van der Waals surface area contributed by atoms with Crippen LogP contribution in [0.3, 0.4) is 0 Å². The standard InChI is InChI=1S/C8H11NO3.C4H11N.2C2H6/c1-6-5-7(11)9(8(6)12)3-2-4-10;1-3-4-5-2;2*1-2/h4,6H,2-3,5H2,1H3;5H,3-4H2,1-2H3;2*1-2H3. The number of nitrogens with zero attached hydrogens (tertiary/aromatic N) is 1. The van der Waals surface area contributed by atoms with Crippen molar-refractivity contribution in [2.45, 2.75) is 60.8 Å². The Balaban J connectivity index is -0.000000304. The summed E-state index contributed by atoms with van der Waals surface area (Å²) in [6.07, 6.45) is 2.47. The maximum atomic E-state index is 11.2. The zero-order chi connectivity index (χ0) is 17.3. The number of amides is 2. The summed E-state index contributed by atoms with van der Waals surface area (Å²) >= 11 is 0. The molecule has 1 rings (SSSR count). The second-order valence-electron chi connectivity index (χ2n) is 4.05. The topological polar surface area (TPSA) is 66.5 Å². The minimum Gasteiger partial charge on any atom is -0.320 e. The molecule has 0 aromatic heterocycles. The summed E-state index contributed by atoms with van der Waals surface area (Å²) in [4.78, 5) is 33.5. The average molecular weight is 302 g/mol. The molecule has 0 bridgehead atoms. The fourth-order valence-corrected chi connectivity index (χ4v) is 1.52. The summed E-state index contributed by atoms with van der Waals surface area (Å²) in [6, 6.07) is 0. The van der Waals surface area contributed by atoms with Crippen LogP contribution in [0.2, 0.25) is 0 Å². The lowest BCUT2D eigenvalue weighted by atomic mass is 10.1. The van der Waals surface area contributed by atoms with Crippen molar-refractivity contribution >= 4 is 18.1 Å². The quantitative estimate of drug-likeness (QED) is 0.626. The lowest BCUT2D eigenvalue weighted by Gasteiger charge is -2.11. The fourth-order valence-electron chi connectivity index (χ4n) is 1.52. The molecule has 21 heavy (non-hydrogen) atoms. The van der Waals surface area contributed by atoms with Gasteiger partial charge in [-0.25, -0.2) is 0 Å². The predicted molar refractivity (Wildman–Crippen MR) is 88.1 cm³/mol. The number of carbonyl (C=O) groups excluding carboxylic acids is 3. The first-order chi connectivity index (χ1) is 10.1. The van der Waals surface area contributed by atoms with E-state index in [1.165, 1.54) is 11.3 Å². The Bertz CT molecular complexity index is 266. The van der Waals surface area contributed by atoms with Crippen molar-refractivity contribution < 1.29 is 14.4 Å². The number of nitrogens with one attached hydrogen (secondary N) is 1. The second kappa shape index (κ2) is 18.8. The maximum Gasteiger partial charge on any atom is 0.232 e. The molecule has 1 fully saturated rings. The summed E-state index contributed by atoms with van der Waals surface area (Å²) in [5.41, 5.74) is 0. The average Bonchev–Trinajstić information content (AvgIpc) is 2.76. The predicted octanol–water partition coefficient (Wildman–Crippen LogP) is 2.64. The molecule has 0 aromatic rings. The maximum absolute atomic E-state index is 11.2. The molecule has 0 aromatic carbocycles. The van der Waals surface area contributed by atoms with Crippen molar-refractivity contribution in [1.29, 1.82) is 0 Å². The smallest absolute Gasteiger partial charge is 0.232 e. The molecule has 0 saturated carbocycles. The first kappa shape index (κ1) is 24.8. The summed E-state index contributed by atoms with van der Waals surface area (Å²) in [6.45, 7) is 13.3. The molecule has 126 valence electrons. The minimum atomic E-state index is -0.204. The van der Waals surface area contributed by atoms with Gasteiger partial charge in [0, 0.05) is 25.3 Å². The van der Waals surface area contributed by atoms with E-state index >= 15 is 0 Å². The molecule has 5 nitrogen and oxygen atoms in total. The van der Waals surface area contributed by atoms with Crippen molar-refractivity contribution in [3.8, 4) is 0 Å². The Morgan fingerprint density at radius 3 is 2.00 bits per heavy atom. The van der Waals surface area contributed by atoms with E-state index in [0.29, 0.717) is 6.29 Å². The molecule has 0 radical (unpaired) electrons. The Kier molecular flexibility index (Phi) is 22.1. The number of carbonyl (C=O) groups is 3. The van der Waals surface area contributed by atoms with Gasteiger partial charge in [-0.1, -0.05) is 41.5 Å². The van der Waals surface area contributed by atoms with Crippen LogP contribution in [0.5, 0.6) is 0 Å². The van der Waals surface area contributed by atoms with Gasteiger partial charge in [0.1, 0.15) is 6.29 Å². The van der Waals surface area contributed by atoms with Crippen LogP contribution >= 0.6 is 0 Å². The molecule has 1 N–H and O–H groups in total. The van der Waals surface area contributed by atoms with E-state index in [2.05, 4.69) is 12.2 Å². The Morgan fingerprint density at radius 2 is 1.76 bits per heavy atom. The first-order valence-electron chi connectivity index (χ1n) is 8.00. The van der Waals surface area contributed by atoms with E-state index in [1.807, 2.05) is 34.7 Å². The third-order valence-corrected chi connectivity index (χ3v) is 2.44. The van der Waals surface area contributed by atoms with Gasteiger partial charge < -0.3 is 10.1 Å². The number of aldehydes is 1. The number of hydrogen-bond acceptors (Lipinski definition) is 4. The van der Waals surface area contributed by atoms with E-state index in [0.717, 1.165) is 6.54 Å². The molecule has 1 unspecified atom stereocenters. The molecular weight excluding hydrogens is 268 g/mol. The van der Waals surface area contributed by atoms with Crippen molar-refractivity contribution in [2.75, 3.05) is 20.1 Å². The highest BCUT2D eigenvalue weighted by Crippen LogP contribution is 2.18. The van der Waals surface area contributed by atoms with Gasteiger partial charge >= 0.3 is 0 Å². The highest BCUT2D eigenvalue weighted by atomic mass is 16.2. The SMILES string of the molecule is CC.CC.CC1CC(=O)N(CCC=O)C1=O.CCCNC. The zero-order valence-electron chi connectivity index (χ0n) is 14.9. The minimum absolute atomic E-state index is 0.151. The summed E-state index contributed by atoms with van der Waals surface area (Å²) in [5, 5.41) is 3.02. The lowest BCUT2D eigenvalue weighted by molar-refractivity contribution is -0.139. The molecule has 0 spiro atoms. The Morgan fingerprint density at radius 1 is 1.24 bits per heavy atom. The van der Waals surface area contributed by atoms with Gasteiger partial charge in [-0.15, -0.1) is 0 Å². The van der Waals surface area contributed by atoms with Crippen molar-refractivity contribution in [3.63, 3.8) is 0 Å². The van der Waals surface area contributed by atoms with Crippen molar-refractivity contribution in [3.05, 3.63) is 0 Å². The highest BCUT2D eigenvalue weighted by Gasteiger charge is 2.34. The largest absolute Gasteiger partial charge is 0.320 e. The summed E-state index contributed by atoms with van der Waals surface area (Å²) in [7, 11) is 1.96. The van der Waals surface area contributed by atoms with Gasteiger partial charge in [0.15, 0.2) is 0 Å². The molecule has 2 amide bonds. The van der Waals surface area contributed by atoms with Gasteiger partial charge in [-0.2, -0.15) is 0 Å². The monoisotopic (exact) mass is 302 g/mol. The normalized spacial score (nSPS) is 16.0. The van der Waals surface area contributed by atoms with Gasteiger partial charge in [0.25, 0.3) is 0 Å². The second-order valence-corrected chi connectivity index (χ2v) is 4.05. The van der Waals surface area contributed by atoms with E-state index in [-0.39, 0.29) is 37.1 Å². The molecule has 1 heterocycles. The molecule has 1 saturated heterocycles. The van der Waals surface area contributed by atoms with Crippen LogP contribution in [0.4, 0.5) is 0 Å². The molecule has 1 aliphatic heterocycles. The van der Waals surface area contributed by atoms with Crippen LogP contribution < -0.4 is 5.32 Å². The number of hydrogen-bond donors (Lipinski definition) is 1. The van der Waals surface area contributed by atoms with Crippen LogP contribution in [0.15, 0.2) is 0 Å². The van der Waals surface area contributed by atoms with E-state index in [1.54, 1.807) is 6.92 Å². The molecule has 1 atom stereocenters. The van der Waals surface area contributed by atoms with Gasteiger partial charge in [0.05, 0.1) is 0 Å². The van der Waals surface area contributed by atoms with Gasteiger partial charge in [-0.3, -0.25) is 14.5 Å². The summed E-state index contributed by atoms with van der Waals surface area (Å²) < 4.78 is 0. The van der Waals surface area contributed by atoms with Gasteiger partial charge in [-0.05, 0) is 20.0 Å². The molecule has 0 aliphatic carbocycles. The van der Waals surface area contributed by atoms with E-state index in [4.69, 9.17) is 0 Å². The molecular formula is C16H34N2O3. The first-order valence-corrected chi connectivity index (χ1v) is 8.00. The van der Waals surface area contributed by atoms with Crippen molar-refractivity contribution in [2.24, 2.45) is 5.92 Å². The van der Waals surface area contributed by atoms with E-state index in [9.17, 15) is 14.4 Å². The number of rotatable bonds is 5. The number of imide groups is 1. The van der Waals surface area contributed by atoms with Crippen LogP contribution in [0, 0.1) is 5.92 Å². The molecule has 1 aliphatic rings. The van der Waals surface area contributed by atoms with Crippen LogP contribution in [0.1, 0.15) is 60.8 Å². The third-order valence-electron chi connectivity index (χ3n) is 2.44. The van der Waals surface area contributed by atoms with Crippen LogP contribution in [-0.4, -0.2) is 43.1 Å². The number of likely N-dealkylation sites (tertiary alicyclic amines) is 1. The highest BCUT2D eigenvalue weighted by molar-refractivity contribution is 6.03. The fraction of sp³-hybridized carbons (Fsp3) is 0.812. The summed E-state index contributed by atoms with van der Waals surface area (Å²) in [5.74, 6) is -0.514. The Labute approximate surface area is 130 Å². The van der Waals surface area contributed by atoms with Crippen LogP contribution in [0.25, 0.3) is 0 Å².